The lowest BCUT2D eigenvalue weighted by atomic mass is 10.2. The van der Waals surface area contributed by atoms with Crippen LogP contribution in [-0.4, -0.2) is 66.0 Å². The van der Waals surface area contributed by atoms with Crippen molar-refractivity contribution in [1.82, 2.24) is 15.1 Å². The lowest BCUT2D eigenvalue weighted by molar-refractivity contribution is -0.130. The number of likely N-dealkylation sites (tertiary alicyclic amines) is 2. The fourth-order valence-corrected chi connectivity index (χ4v) is 4.39. The molecule has 1 saturated carbocycles. The molecule has 27 heavy (non-hydrogen) atoms. The number of nitrogens with zero attached hydrogens (tertiary/aromatic N) is 3. The Labute approximate surface area is 161 Å². The van der Waals surface area contributed by atoms with Crippen LogP contribution in [0.2, 0.25) is 5.02 Å². The highest BCUT2D eigenvalue weighted by molar-refractivity contribution is 6.30. The first-order chi connectivity index (χ1) is 13.0. The molecule has 1 aromatic rings. The van der Waals surface area contributed by atoms with Crippen LogP contribution in [0.5, 0.6) is 0 Å². The molecule has 0 aromatic heterocycles. The maximum Gasteiger partial charge on any atom is 0.253 e. The molecule has 2 heterocycles. The second kappa shape index (κ2) is 7.10. The zero-order chi connectivity index (χ0) is 19.1. The quantitative estimate of drug-likeness (QED) is 0.844. The van der Waals surface area contributed by atoms with Crippen molar-refractivity contribution in [1.29, 1.82) is 5.26 Å². The number of nitrogens with one attached hydrogen (secondary N) is 1. The molecule has 8 heteroatoms. The van der Waals surface area contributed by atoms with E-state index in [9.17, 15) is 14.0 Å². The van der Waals surface area contributed by atoms with E-state index in [1.165, 1.54) is 4.90 Å². The molecule has 0 radical (unpaired) electrons. The maximum atomic E-state index is 13.4. The van der Waals surface area contributed by atoms with Crippen LogP contribution in [0.3, 0.4) is 0 Å². The molecule has 142 valence electrons. The van der Waals surface area contributed by atoms with Gasteiger partial charge in [-0.05, 0) is 36.1 Å². The Morgan fingerprint density at radius 2 is 1.89 bits per heavy atom. The number of rotatable bonds is 4. The number of carbonyl (C=O) groups is 2. The summed E-state index contributed by atoms with van der Waals surface area (Å²) in [5, 5.41) is 12.9. The van der Waals surface area contributed by atoms with Crippen LogP contribution in [0, 0.1) is 23.2 Å². The number of carbonyl (C=O) groups excluding carboxylic acids is 2. The first kappa shape index (κ1) is 18.2. The Kier molecular flexibility index (Phi) is 4.79. The number of hydrogen-bond donors (Lipinski definition) is 1. The molecule has 2 unspecified atom stereocenters. The van der Waals surface area contributed by atoms with E-state index in [0.29, 0.717) is 35.5 Å². The third-order valence-corrected chi connectivity index (χ3v) is 6.03. The topological polar surface area (TPSA) is 76.4 Å². The van der Waals surface area contributed by atoms with Gasteiger partial charge in [0.05, 0.1) is 19.2 Å². The third kappa shape index (κ3) is 3.52. The first-order valence-corrected chi connectivity index (χ1v) is 9.47. The summed E-state index contributed by atoms with van der Waals surface area (Å²) in [5.74, 6) is 0.444. The summed E-state index contributed by atoms with van der Waals surface area (Å²) < 4.78 is 13.4. The maximum absolute atomic E-state index is 13.4. The van der Waals surface area contributed by atoms with E-state index in [4.69, 9.17) is 16.9 Å². The smallest absolute Gasteiger partial charge is 0.253 e. The number of fused-ring (bicyclic) bond motifs is 1. The van der Waals surface area contributed by atoms with Gasteiger partial charge in [-0.15, -0.1) is 0 Å². The van der Waals surface area contributed by atoms with E-state index in [1.54, 1.807) is 24.3 Å². The van der Waals surface area contributed by atoms with Crippen LogP contribution in [0.15, 0.2) is 24.3 Å². The SMILES string of the molecule is N#C[C@@H]1C[C@H](F)CN1C(=O)CNC1C2CN(C(=O)c3ccc(Cl)cc3)CC21. The molecule has 2 aliphatic heterocycles. The molecule has 4 atom stereocenters. The molecule has 6 nitrogen and oxygen atoms in total. The Hall–Kier alpha value is -2.17. The second-order valence-electron chi connectivity index (χ2n) is 7.48. The minimum Gasteiger partial charge on any atom is -0.338 e. The summed E-state index contributed by atoms with van der Waals surface area (Å²) >= 11 is 5.86. The molecule has 2 amide bonds. The number of hydrogen-bond acceptors (Lipinski definition) is 4. The van der Waals surface area contributed by atoms with Crippen LogP contribution in [0.25, 0.3) is 0 Å². The van der Waals surface area contributed by atoms with Crippen molar-refractivity contribution in [3.8, 4) is 6.07 Å². The van der Waals surface area contributed by atoms with Gasteiger partial charge in [0, 0.05) is 36.1 Å². The third-order valence-electron chi connectivity index (χ3n) is 5.78. The number of halogens is 2. The summed E-state index contributed by atoms with van der Waals surface area (Å²) in [6, 6.07) is 8.39. The molecule has 3 aliphatic rings. The normalized spacial score (nSPS) is 31.5. The average Bonchev–Trinajstić information content (AvgIpc) is 3.00. The second-order valence-corrected chi connectivity index (χ2v) is 7.91. The predicted octanol–water partition coefficient (Wildman–Crippen LogP) is 1.46. The summed E-state index contributed by atoms with van der Waals surface area (Å²) in [6.07, 6.45) is -1.02. The number of benzene rings is 1. The first-order valence-electron chi connectivity index (χ1n) is 9.09. The van der Waals surface area contributed by atoms with Crippen molar-refractivity contribution in [3.05, 3.63) is 34.9 Å². The van der Waals surface area contributed by atoms with Gasteiger partial charge in [-0.25, -0.2) is 4.39 Å². The molecule has 1 aliphatic carbocycles. The van der Waals surface area contributed by atoms with Crippen molar-refractivity contribution < 1.29 is 14.0 Å². The van der Waals surface area contributed by atoms with Crippen molar-refractivity contribution in [2.45, 2.75) is 24.7 Å². The van der Waals surface area contributed by atoms with E-state index in [-0.39, 0.29) is 37.4 Å². The van der Waals surface area contributed by atoms with Gasteiger partial charge in [-0.1, -0.05) is 11.6 Å². The van der Waals surface area contributed by atoms with Gasteiger partial charge in [-0.3, -0.25) is 9.59 Å². The summed E-state index contributed by atoms with van der Waals surface area (Å²) in [4.78, 5) is 27.9. The van der Waals surface area contributed by atoms with Crippen molar-refractivity contribution in [2.75, 3.05) is 26.2 Å². The largest absolute Gasteiger partial charge is 0.338 e. The lowest BCUT2D eigenvalue weighted by Crippen LogP contribution is -2.43. The van der Waals surface area contributed by atoms with Crippen LogP contribution in [0.4, 0.5) is 4.39 Å². The Bertz CT molecular complexity index is 784. The fourth-order valence-electron chi connectivity index (χ4n) is 4.26. The average molecular weight is 391 g/mol. The number of alkyl halides is 1. The van der Waals surface area contributed by atoms with E-state index in [0.717, 1.165) is 0 Å². The molecule has 0 spiro atoms. The van der Waals surface area contributed by atoms with E-state index in [2.05, 4.69) is 5.32 Å². The highest BCUT2D eigenvalue weighted by Crippen LogP contribution is 2.45. The predicted molar refractivity (Wildman–Crippen MR) is 96.8 cm³/mol. The van der Waals surface area contributed by atoms with Crippen LogP contribution < -0.4 is 5.32 Å². The van der Waals surface area contributed by atoms with Gasteiger partial charge in [0.15, 0.2) is 0 Å². The van der Waals surface area contributed by atoms with E-state index < -0.39 is 12.2 Å². The minimum absolute atomic E-state index is 0.000362. The van der Waals surface area contributed by atoms with Gasteiger partial charge >= 0.3 is 0 Å². The van der Waals surface area contributed by atoms with Gasteiger partial charge in [0.1, 0.15) is 12.2 Å². The molecular formula is C19H20ClFN4O2. The van der Waals surface area contributed by atoms with Gasteiger partial charge in [0.2, 0.25) is 5.91 Å². The van der Waals surface area contributed by atoms with Crippen LogP contribution >= 0.6 is 11.6 Å². The highest BCUT2D eigenvalue weighted by atomic mass is 35.5. The lowest BCUT2D eigenvalue weighted by Gasteiger charge is -2.22. The number of amides is 2. The van der Waals surface area contributed by atoms with Gasteiger partial charge in [-0.2, -0.15) is 5.26 Å². The number of nitriles is 1. The minimum atomic E-state index is -1.12. The monoisotopic (exact) mass is 390 g/mol. The van der Waals surface area contributed by atoms with E-state index in [1.807, 2.05) is 11.0 Å². The highest BCUT2D eigenvalue weighted by Gasteiger charge is 2.56. The number of piperidine rings is 1. The van der Waals surface area contributed by atoms with Crippen LogP contribution in [0.1, 0.15) is 16.8 Å². The van der Waals surface area contributed by atoms with E-state index >= 15 is 0 Å². The van der Waals surface area contributed by atoms with Gasteiger partial charge in [0.25, 0.3) is 5.91 Å². The summed E-state index contributed by atoms with van der Waals surface area (Å²) in [5.41, 5.74) is 0.623. The zero-order valence-electron chi connectivity index (χ0n) is 14.6. The van der Waals surface area contributed by atoms with Crippen molar-refractivity contribution in [2.24, 2.45) is 11.8 Å². The Balaban J connectivity index is 1.25. The Morgan fingerprint density at radius 3 is 2.52 bits per heavy atom. The molecule has 1 aromatic carbocycles. The van der Waals surface area contributed by atoms with Gasteiger partial charge < -0.3 is 15.1 Å². The molecule has 4 rings (SSSR count). The molecule has 0 bridgehead atoms. The van der Waals surface area contributed by atoms with Crippen molar-refractivity contribution >= 4 is 23.4 Å². The summed E-state index contributed by atoms with van der Waals surface area (Å²) in [6.45, 7) is 1.43. The zero-order valence-corrected chi connectivity index (χ0v) is 15.4. The molecule has 1 N–H and O–H groups in total. The standard InChI is InChI=1S/C19H20ClFN4O2/c20-12-3-1-11(2-4-12)19(27)24-9-15-16(10-24)18(15)23-7-17(26)25-8-13(21)5-14(25)6-22/h1-4,13-16,18,23H,5,7-10H2/t13-,14-,15?,16?,18?/m0/s1. The molecule has 2 saturated heterocycles. The fraction of sp³-hybridized carbons (Fsp3) is 0.526. The van der Waals surface area contributed by atoms with Crippen molar-refractivity contribution in [3.63, 3.8) is 0 Å². The molecule has 3 fully saturated rings. The molecular weight excluding hydrogens is 371 g/mol. The summed E-state index contributed by atoms with van der Waals surface area (Å²) in [7, 11) is 0. The van der Waals surface area contributed by atoms with Crippen LogP contribution in [-0.2, 0) is 4.79 Å². The Morgan fingerprint density at radius 1 is 1.22 bits per heavy atom.